The maximum absolute atomic E-state index is 10.5. The molecule has 2 aromatic rings. The molecule has 2 aliphatic rings. The zero-order chi connectivity index (χ0) is 20.6. The summed E-state index contributed by atoms with van der Waals surface area (Å²) in [6, 6.07) is 13.9. The molecule has 4 rings (SSSR count). The van der Waals surface area contributed by atoms with Crippen LogP contribution in [0.2, 0.25) is 0 Å². The number of hydrazine groups is 2. The Kier molecular flexibility index (Phi) is 4.68. The van der Waals surface area contributed by atoms with Crippen molar-refractivity contribution in [3.8, 4) is 0 Å². The van der Waals surface area contributed by atoms with E-state index in [1.165, 1.54) is 5.56 Å². The average Bonchev–Trinajstić information content (AvgIpc) is 3.39. The van der Waals surface area contributed by atoms with Crippen molar-refractivity contribution in [3.63, 3.8) is 0 Å². The first kappa shape index (κ1) is 19.2. The van der Waals surface area contributed by atoms with Gasteiger partial charge >= 0.3 is 0 Å². The molecule has 2 heterocycles. The molecule has 8 heteroatoms. The Hall–Kier alpha value is -3.10. The van der Waals surface area contributed by atoms with E-state index in [4.69, 9.17) is 5.84 Å². The molecule has 152 valence electrons. The molecule has 0 bridgehead atoms. The van der Waals surface area contributed by atoms with Gasteiger partial charge in [0.25, 0.3) is 0 Å². The molecular weight excluding hydrogens is 366 g/mol. The third-order valence-electron chi connectivity index (χ3n) is 5.56. The predicted molar refractivity (Wildman–Crippen MR) is 112 cm³/mol. The van der Waals surface area contributed by atoms with E-state index >= 15 is 0 Å². The van der Waals surface area contributed by atoms with Gasteiger partial charge in [-0.25, -0.2) is 5.53 Å². The number of nitrogens with zero attached hydrogens (tertiary/aromatic N) is 4. The summed E-state index contributed by atoms with van der Waals surface area (Å²) < 4.78 is 1.86. The number of rotatable bonds is 6. The molecule has 1 aromatic heterocycles. The van der Waals surface area contributed by atoms with E-state index in [1.54, 1.807) is 13.8 Å². The van der Waals surface area contributed by atoms with E-state index in [-0.39, 0.29) is 5.41 Å². The van der Waals surface area contributed by atoms with Crippen LogP contribution < -0.4 is 22.4 Å². The van der Waals surface area contributed by atoms with Crippen molar-refractivity contribution in [2.24, 2.45) is 21.5 Å². The molecule has 0 unspecified atom stereocenters. The quantitative estimate of drug-likeness (QED) is 0.441. The fourth-order valence-electron chi connectivity index (χ4n) is 3.82. The number of benzene rings is 1. The maximum Gasteiger partial charge on any atom is 0.162 e. The molecule has 0 spiro atoms. The fourth-order valence-corrected chi connectivity index (χ4v) is 3.82. The predicted octanol–water partition coefficient (Wildman–Crippen LogP) is 1.58. The second-order valence-electron chi connectivity index (χ2n) is 8.06. The summed E-state index contributed by atoms with van der Waals surface area (Å²) in [6.45, 7) is 8.48. The molecule has 1 aromatic carbocycles. The molecule has 1 fully saturated rings. The first-order valence-corrected chi connectivity index (χ1v) is 9.65. The van der Waals surface area contributed by atoms with Gasteiger partial charge in [-0.2, -0.15) is 5.10 Å². The van der Waals surface area contributed by atoms with Crippen LogP contribution in [0.25, 0.3) is 5.70 Å². The lowest BCUT2D eigenvalue weighted by Crippen LogP contribution is -2.44. The van der Waals surface area contributed by atoms with Crippen LogP contribution in [0.15, 0.2) is 65.4 Å². The van der Waals surface area contributed by atoms with Crippen LogP contribution in [0.3, 0.4) is 0 Å². The highest BCUT2D eigenvalue weighted by atomic mass is 16.3. The first-order valence-electron chi connectivity index (χ1n) is 9.65. The summed E-state index contributed by atoms with van der Waals surface area (Å²) in [4.78, 5) is 0. The average molecular weight is 393 g/mol. The van der Waals surface area contributed by atoms with E-state index in [1.807, 2.05) is 46.1 Å². The number of hydrogen-bond acceptors (Lipinski definition) is 7. The van der Waals surface area contributed by atoms with Gasteiger partial charge in [0.1, 0.15) is 0 Å². The molecule has 1 saturated carbocycles. The lowest BCUT2D eigenvalue weighted by Gasteiger charge is -2.28. The summed E-state index contributed by atoms with van der Waals surface area (Å²) in [5.74, 6) is 6.60. The Balaban J connectivity index is 1.68. The lowest BCUT2D eigenvalue weighted by atomic mass is 9.97. The smallest absolute Gasteiger partial charge is 0.162 e. The normalized spacial score (nSPS) is 18.4. The third kappa shape index (κ3) is 3.41. The van der Waals surface area contributed by atoms with Crippen LogP contribution in [0.5, 0.6) is 0 Å². The highest BCUT2D eigenvalue weighted by Crippen LogP contribution is 2.55. The zero-order valence-corrected chi connectivity index (χ0v) is 16.8. The first-order chi connectivity index (χ1) is 13.9. The van der Waals surface area contributed by atoms with Gasteiger partial charge in [-0.15, -0.1) is 10.6 Å². The number of hydrazone groups is 1. The zero-order valence-electron chi connectivity index (χ0n) is 16.8. The fraction of sp³-hybridized carbons (Fsp3) is 0.333. The molecular formula is C21H27N7O. The van der Waals surface area contributed by atoms with E-state index in [0.717, 1.165) is 24.4 Å². The van der Waals surface area contributed by atoms with Crippen LogP contribution >= 0.6 is 0 Å². The molecule has 0 amide bonds. The second-order valence-corrected chi connectivity index (χ2v) is 8.06. The summed E-state index contributed by atoms with van der Waals surface area (Å²) >= 11 is 0. The number of nitrogens with two attached hydrogens (primary N) is 1. The van der Waals surface area contributed by atoms with Gasteiger partial charge < -0.3 is 15.5 Å². The van der Waals surface area contributed by atoms with Crippen LogP contribution in [0.1, 0.15) is 37.8 Å². The van der Waals surface area contributed by atoms with Crippen molar-refractivity contribution in [1.82, 2.24) is 20.6 Å². The van der Waals surface area contributed by atoms with Crippen molar-refractivity contribution in [3.05, 3.63) is 71.9 Å². The highest BCUT2D eigenvalue weighted by molar-refractivity contribution is 5.99. The SMILES string of the molecule is C=C(n1cccc(C(C)(C)O)/c1=N/N)C1(C2=NNNN2Cc2ccccc2)CC1. The number of aromatic nitrogens is 1. The van der Waals surface area contributed by atoms with Crippen molar-refractivity contribution in [2.75, 3.05) is 0 Å². The van der Waals surface area contributed by atoms with Crippen LogP contribution in [0, 0.1) is 5.41 Å². The molecule has 0 atom stereocenters. The standard InChI is InChI=1S/C21H27N7O/c1-15(27-13-7-10-17(18(27)23-22)20(2,3)29)21(11-12-21)19-24-25-26-28(19)14-16-8-5-4-6-9-16/h4-10,13,25-26,29H,1,11-12,14,22H2,2-3H3/b23-18-. The third-order valence-corrected chi connectivity index (χ3v) is 5.56. The van der Waals surface area contributed by atoms with Gasteiger partial charge in [-0.1, -0.05) is 43.0 Å². The van der Waals surface area contributed by atoms with Crippen molar-refractivity contribution >= 4 is 11.5 Å². The summed E-state index contributed by atoms with van der Waals surface area (Å²) in [5, 5.41) is 21.0. The van der Waals surface area contributed by atoms with Gasteiger partial charge in [-0.05, 0) is 38.3 Å². The summed E-state index contributed by atoms with van der Waals surface area (Å²) in [7, 11) is 0. The van der Waals surface area contributed by atoms with Crippen molar-refractivity contribution in [2.45, 2.75) is 38.8 Å². The van der Waals surface area contributed by atoms with Crippen molar-refractivity contribution in [1.29, 1.82) is 0 Å². The number of pyridine rings is 1. The highest BCUT2D eigenvalue weighted by Gasteiger charge is 2.54. The number of hydrogen-bond donors (Lipinski definition) is 4. The Morgan fingerprint density at radius 3 is 2.62 bits per heavy atom. The minimum atomic E-state index is -1.08. The lowest BCUT2D eigenvalue weighted by molar-refractivity contribution is 0.0764. The minimum absolute atomic E-state index is 0.326. The molecule has 0 radical (unpaired) electrons. The number of aliphatic hydroxyl groups is 1. The molecule has 8 nitrogen and oxygen atoms in total. The molecule has 5 N–H and O–H groups in total. The van der Waals surface area contributed by atoms with Gasteiger partial charge in [0.05, 0.1) is 17.6 Å². The Labute approximate surface area is 170 Å². The Morgan fingerprint density at radius 1 is 1.28 bits per heavy atom. The summed E-state index contributed by atoms with van der Waals surface area (Å²) in [6.07, 6.45) is 3.72. The summed E-state index contributed by atoms with van der Waals surface area (Å²) in [5.41, 5.74) is 7.73. The molecule has 0 saturated heterocycles. The number of nitrogens with one attached hydrogen (secondary N) is 2. The maximum atomic E-state index is 10.5. The van der Waals surface area contributed by atoms with Gasteiger partial charge in [0, 0.05) is 17.5 Å². The molecule has 29 heavy (non-hydrogen) atoms. The van der Waals surface area contributed by atoms with Crippen LogP contribution in [-0.4, -0.2) is 20.5 Å². The second kappa shape index (κ2) is 7.06. The van der Waals surface area contributed by atoms with E-state index in [0.29, 0.717) is 17.6 Å². The van der Waals surface area contributed by atoms with Gasteiger partial charge in [0.15, 0.2) is 11.3 Å². The van der Waals surface area contributed by atoms with E-state index < -0.39 is 5.60 Å². The molecule has 1 aliphatic carbocycles. The van der Waals surface area contributed by atoms with Gasteiger partial charge in [0.2, 0.25) is 0 Å². The van der Waals surface area contributed by atoms with Gasteiger partial charge in [-0.3, -0.25) is 5.01 Å². The number of amidine groups is 1. The van der Waals surface area contributed by atoms with Crippen LogP contribution in [-0.2, 0) is 12.1 Å². The minimum Gasteiger partial charge on any atom is -0.386 e. The topological polar surface area (TPSA) is 103 Å². The Bertz CT molecular complexity index is 1010. The largest absolute Gasteiger partial charge is 0.386 e. The van der Waals surface area contributed by atoms with E-state index in [9.17, 15) is 5.11 Å². The van der Waals surface area contributed by atoms with E-state index in [2.05, 4.69) is 40.0 Å². The van der Waals surface area contributed by atoms with Crippen molar-refractivity contribution < 1.29 is 5.11 Å². The monoisotopic (exact) mass is 393 g/mol. The Morgan fingerprint density at radius 2 is 2.00 bits per heavy atom. The van der Waals surface area contributed by atoms with Crippen LogP contribution in [0.4, 0.5) is 0 Å². The molecule has 1 aliphatic heterocycles.